The molecule has 6 heteroatoms. The first kappa shape index (κ1) is 18.5. The molecule has 0 atom stereocenters. The highest BCUT2D eigenvalue weighted by atomic mass is 19.4. The van der Waals surface area contributed by atoms with E-state index in [4.69, 9.17) is 16.2 Å². The zero-order valence-corrected chi connectivity index (χ0v) is 13.2. The third-order valence-electron chi connectivity index (χ3n) is 3.61. The largest absolute Gasteiger partial charge is 0.416 e. The van der Waals surface area contributed by atoms with Crippen molar-refractivity contribution >= 4 is 22.7 Å². The fraction of sp³-hybridized carbons (Fsp3) is 0.105. The molecule has 3 rings (SSSR count). The van der Waals surface area contributed by atoms with Gasteiger partial charge >= 0.3 is 6.18 Å². The van der Waals surface area contributed by atoms with Gasteiger partial charge < -0.3 is 16.2 Å². The number of fused-ring (bicyclic) bond motifs is 1. The van der Waals surface area contributed by atoms with Crippen LogP contribution < -0.4 is 5.73 Å². The fourth-order valence-corrected chi connectivity index (χ4v) is 2.32. The standard InChI is InChI=1S/C12H11NO.C7H6F3N/c13-7-9-5-6-10(8-14)12-4-2-1-3-11(9)12;8-7(9,10)5-1-3-6(11)4-2-5/h1-7,13-14H,8H2;1-4H,11H2. The fourth-order valence-electron chi connectivity index (χ4n) is 2.32. The quantitative estimate of drug-likeness (QED) is 0.468. The van der Waals surface area contributed by atoms with Gasteiger partial charge in [0.1, 0.15) is 0 Å². The van der Waals surface area contributed by atoms with E-state index >= 15 is 0 Å². The van der Waals surface area contributed by atoms with E-state index in [0.717, 1.165) is 34.0 Å². The second-order valence-electron chi connectivity index (χ2n) is 5.28. The van der Waals surface area contributed by atoms with Crippen molar-refractivity contribution in [2.45, 2.75) is 12.8 Å². The summed E-state index contributed by atoms with van der Waals surface area (Å²) in [6.45, 7) is 0.0405. The summed E-state index contributed by atoms with van der Waals surface area (Å²) >= 11 is 0. The lowest BCUT2D eigenvalue weighted by molar-refractivity contribution is -0.137. The molecule has 0 radical (unpaired) electrons. The minimum atomic E-state index is -4.27. The summed E-state index contributed by atoms with van der Waals surface area (Å²) in [6.07, 6.45) is -2.93. The third kappa shape index (κ3) is 4.58. The first-order chi connectivity index (χ1) is 11.9. The highest BCUT2D eigenvalue weighted by molar-refractivity contribution is 6.00. The molecule has 0 saturated heterocycles. The molecule has 0 aliphatic heterocycles. The molecule has 3 nitrogen and oxygen atoms in total. The van der Waals surface area contributed by atoms with E-state index in [1.165, 1.54) is 18.3 Å². The van der Waals surface area contributed by atoms with Crippen LogP contribution in [0.1, 0.15) is 16.7 Å². The van der Waals surface area contributed by atoms with Crippen LogP contribution in [0.3, 0.4) is 0 Å². The van der Waals surface area contributed by atoms with Gasteiger partial charge in [0.05, 0.1) is 12.2 Å². The number of anilines is 1. The Morgan fingerprint density at radius 3 is 2.04 bits per heavy atom. The van der Waals surface area contributed by atoms with Gasteiger partial charge in [0.15, 0.2) is 0 Å². The molecule has 3 aromatic rings. The monoisotopic (exact) mass is 346 g/mol. The van der Waals surface area contributed by atoms with E-state index < -0.39 is 11.7 Å². The number of alkyl halides is 3. The van der Waals surface area contributed by atoms with Crippen LogP contribution in [0.4, 0.5) is 18.9 Å². The molecule has 0 aliphatic carbocycles. The van der Waals surface area contributed by atoms with E-state index in [1.807, 2.05) is 36.4 Å². The number of hydrogen-bond acceptors (Lipinski definition) is 3. The Labute approximate surface area is 143 Å². The highest BCUT2D eigenvalue weighted by Crippen LogP contribution is 2.29. The Bertz CT molecular complexity index is 859. The van der Waals surface area contributed by atoms with Crippen molar-refractivity contribution in [3.8, 4) is 0 Å². The molecule has 0 aliphatic rings. The molecule has 0 fully saturated rings. The van der Waals surface area contributed by atoms with Crippen molar-refractivity contribution in [1.29, 1.82) is 5.41 Å². The number of rotatable bonds is 2. The minimum Gasteiger partial charge on any atom is -0.399 e. The molecule has 25 heavy (non-hydrogen) atoms. The van der Waals surface area contributed by atoms with Crippen LogP contribution in [0, 0.1) is 5.41 Å². The molecule has 0 heterocycles. The average Bonchev–Trinajstić information content (AvgIpc) is 2.61. The first-order valence-corrected chi connectivity index (χ1v) is 7.41. The lowest BCUT2D eigenvalue weighted by Gasteiger charge is -2.05. The van der Waals surface area contributed by atoms with Crippen LogP contribution in [-0.2, 0) is 12.8 Å². The van der Waals surface area contributed by atoms with Gasteiger partial charge in [-0.1, -0.05) is 36.4 Å². The van der Waals surface area contributed by atoms with Crippen LogP contribution in [0.2, 0.25) is 0 Å². The molecule has 0 amide bonds. The lowest BCUT2D eigenvalue weighted by atomic mass is 10.0. The third-order valence-corrected chi connectivity index (χ3v) is 3.61. The Kier molecular flexibility index (Phi) is 5.77. The number of benzene rings is 3. The molecule has 0 unspecified atom stereocenters. The SMILES string of the molecule is N=Cc1ccc(CO)c2ccccc12.Nc1ccc(C(F)(F)F)cc1. The Morgan fingerprint density at radius 1 is 0.920 bits per heavy atom. The van der Waals surface area contributed by atoms with Gasteiger partial charge in [-0.15, -0.1) is 0 Å². The molecular weight excluding hydrogens is 329 g/mol. The second-order valence-corrected chi connectivity index (χ2v) is 5.28. The summed E-state index contributed by atoms with van der Waals surface area (Å²) in [5, 5.41) is 18.5. The summed E-state index contributed by atoms with van der Waals surface area (Å²) in [5.74, 6) is 0. The molecule has 0 spiro atoms. The summed E-state index contributed by atoms with van der Waals surface area (Å²) < 4.78 is 35.6. The molecule has 0 aromatic heterocycles. The topological polar surface area (TPSA) is 70.1 Å². The van der Waals surface area contributed by atoms with Crippen molar-refractivity contribution in [1.82, 2.24) is 0 Å². The number of nitrogens with two attached hydrogens (primary N) is 1. The summed E-state index contributed by atoms with van der Waals surface area (Å²) in [4.78, 5) is 0. The molecular formula is C19H17F3N2O. The minimum absolute atomic E-state index is 0.0405. The van der Waals surface area contributed by atoms with Gasteiger partial charge in [-0.25, -0.2) is 0 Å². The molecule has 4 N–H and O–H groups in total. The van der Waals surface area contributed by atoms with Crippen LogP contribution >= 0.6 is 0 Å². The molecule has 130 valence electrons. The van der Waals surface area contributed by atoms with Gasteiger partial charge in [-0.3, -0.25) is 0 Å². The lowest BCUT2D eigenvalue weighted by Crippen LogP contribution is -2.04. The van der Waals surface area contributed by atoms with Gasteiger partial charge in [-0.2, -0.15) is 13.2 Å². The van der Waals surface area contributed by atoms with Gasteiger partial charge in [0.25, 0.3) is 0 Å². The second kappa shape index (κ2) is 7.81. The van der Waals surface area contributed by atoms with Crippen LogP contribution in [0.15, 0.2) is 60.7 Å². The maximum absolute atomic E-state index is 11.9. The Balaban J connectivity index is 0.000000186. The zero-order chi connectivity index (χ0) is 18.4. The van der Waals surface area contributed by atoms with Crippen molar-refractivity contribution in [3.63, 3.8) is 0 Å². The summed E-state index contributed by atoms with van der Waals surface area (Å²) in [5.41, 5.74) is 6.66. The van der Waals surface area contributed by atoms with E-state index in [1.54, 1.807) is 0 Å². The number of nitrogen functional groups attached to an aromatic ring is 1. The number of hydrogen-bond donors (Lipinski definition) is 3. The van der Waals surface area contributed by atoms with Crippen LogP contribution in [0.25, 0.3) is 10.8 Å². The average molecular weight is 346 g/mol. The normalized spacial score (nSPS) is 10.9. The van der Waals surface area contributed by atoms with Gasteiger partial charge in [0.2, 0.25) is 0 Å². The zero-order valence-electron chi connectivity index (χ0n) is 13.2. The van der Waals surface area contributed by atoms with E-state index in [-0.39, 0.29) is 6.61 Å². The van der Waals surface area contributed by atoms with E-state index in [9.17, 15) is 13.2 Å². The predicted octanol–water partition coefficient (Wildman–Crippen LogP) is 4.62. The smallest absolute Gasteiger partial charge is 0.399 e. The van der Waals surface area contributed by atoms with Crippen molar-refractivity contribution in [3.05, 3.63) is 77.4 Å². The van der Waals surface area contributed by atoms with Crippen LogP contribution in [-0.4, -0.2) is 11.3 Å². The van der Waals surface area contributed by atoms with Crippen molar-refractivity contribution in [2.24, 2.45) is 0 Å². The number of aliphatic hydroxyl groups is 1. The number of aliphatic hydroxyl groups excluding tert-OH is 1. The molecule has 0 saturated carbocycles. The summed E-state index contributed by atoms with van der Waals surface area (Å²) in [7, 11) is 0. The van der Waals surface area contributed by atoms with Crippen molar-refractivity contribution < 1.29 is 18.3 Å². The summed E-state index contributed by atoms with van der Waals surface area (Å²) in [6, 6.07) is 15.9. The Morgan fingerprint density at radius 2 is 1.52 bits per heavy atom. The Hall–Kier alpha value is -2.86. The van der Waals surface area contributed by atoms with Crippen molar-refractivity contribution in [2.75, 3.05) is 5.73 Å². The van der Waals surface area contributed by atoms with Crippen LogP contribution in [0.5, 0.6) is 0 Å². The van der Waals surface area contributed by atoms with Gasteiger partial charge in [0, 0.05) is 11.9 Å². The highest BCUT2D eigenvalue weighted by Gasteiger charge is 2.29. The van der Waals surface area contributed by atoms with E-state index in [0.29, 0.717) is 5.69 Å². The molecule has 0 bridgehead atoms. The number of halogens is 3. The maximum atomic E-state index is 11.9. The maximum Gasteiger partial charge on any atom is 0.416 e. The molecule has 3 aromatic carbocycles. The first-order valence-electron chi connectivity index (χ1n) is 7.41. The number of nitrogens with one attached hydrogen (secondary N) is 1. The van der Waals surface area contributed by atoms with E-state index in [2.05, 4.69) is 0 Å². The van der Waals surface area contributed by atoms with Gasteiger partial charge in [-0.05, 0) is 46.2 Å². The predicted molar refractivity (Wildman–Crippen MR) is 93.6 cm³/mol.